The molecule has 4 aromatic rings. The van der Waals surface area contributed by atoms with Gasteiger partial charge in [0.2, 0.25) is 0 Å². The molecule has 0 bridgehead atoms. The van der Waals surface area contributed by atoms with Crippen LogP contribution in [-0.2, 0) is 16.0 Å². The number of nitrogens with zero attached hydrogens (tertiary/aromatic N) is 1. The molecule has 0 spiro atoms. The maximum Gasteiger partial charge on any atom is 0.295 e. The molecule has 3 aromatic carbocycles. The normalized spacial score (nSPS) is 16.9. The number of para-hydroxylation sites is 1. The first-order valence-electron chi connectivity index (χ1n) is 11.7. The van der Waals surface area contributed by atoms with Gasteiger partial charge in [-0.3, -0.25) is 9.59 Å². The number of H-pyrrole nitrogens is 1. The number of benzene rings is 3. The second-order valence-electron chi connectivity index (χ2n) is 8.72. The second kappa shape index (κ2) is 9.81. The number of nitrogens with one attached hydrogen (secondary N) is 1. The van der Waals surface area contributed by atoms with Crippen LogP contribution in [0.25, 0.3) is 16.7 Å². The summed E-state index contributed by atoms with van der Waals surface area (Å²) in [4.78, 5) is 31.3. The summed E-state index contributed by atoms with van der Waals surface area (Å²) in [5, 5.41) is 12.1. The molecular weight excluding hydrogens is 475 g/mol. The summed E-state index contributed by atoms with van der Waals surface area (Å²) in [7, 11) is 3.10. The zero-order valence-corrected chi connectivity index (χ0v) is 20.3. The Labute approximate surface area is 212 Å². The number of carbonyl (C=O) groups excluding carboxylic acids is 2. The number of aliphatic hydroxyl groups is 1. The molecular formula is C29H25FN2O5. The van der Waals surface area contributed by atoms with E-state index >= 15 is 0 Å². The highest BCUT2D eigenvalue weighted by atomic mass is 19.1. The van der Waals surface area contributed by atoms with Crippen molar-refractivity contribution in [1.29, 1.82) is 0 Å². The fourth-order valence-electron chi connectivity index (χ4n) is 4.82. The molecule has 1 amide bonds. The third-order valence-corrected chi connectivity index (χ3v) is 6.69. The highest BCUT2D eigenvalue weighted by Crippen LogP contribution is 2.42. The maximum absolute atomic E-state index is 13.5. The average molecular weight is 501 g/mol. The number of carbonyl (C=O) groups is 2. The molecule has 188 valence electrons. The van der Waals surface area contributed by atoms with Crippen LogP contribution in [0.1, 0.15) is 22.7 Å². The van der Waals surface area contributed by atoms with E-state index in [1.54, 1.807) is 31.4 Å². The third kappa shape index (κ3) is 4.31. The van der Waals surface area contributed by atoms with Gasteiger partial charge in [0.05, 0.1) is 25.8 Å². The Morgan fingerprint density at radius 1 is 1.03 bits per heavy atom. The number of fused-ring (bicyclic) bond motifs is 1. The SMILES string of the molecule is COc1ccc2[nH]cc(CCN3C(=O)C(=O)C(=C(O)c4ccc(F)cc4)[C@H]3c3ccccc3OC)c2c1. The molecule has 1 aliphatic heterocycles. The van der Waals surface area contributed by atoms with Crippen molar-refractivity contribution in [2.75, 3.05) is 20.8 Å². The first-order chi connectivity index (χ1) is 17.9. The van der Waals surface area contributed by atoms with E-state index in [0.29, 0.717) is 23.5 Å². The summed E-state index contributed by atoms with van der Waals surface area (Å²) in [5.74, 6) is -1.19. The highest BCUT2D eigenvalue weighted by molar-refractivity contribution is 6.46. The Kier molecular flexibility index (Phi) is 6.40. The number of halogens is 1. The molecule has 2 N–H and O–H groups in total. The predicted octanol–water partition coefficient (Wildman–Crippen LogP) is 4.99. The lowest BCUT2D eigenvalue weighted by atomic mass is 9.94. The van der Waals surface area contributed by atoms with Crippen LogP contribution < -0.4 is 9.47 Å². The van der Waals surface area contributed by atoms with Crippen molar-refractivity contribution in [1.82, 2.24) is 9.88 Å². The number of aromatic amines is 1. The third-order valence-electron chi connectivity index (χ3n) is 6.69. The van der Waals surface area contributed by atoms with Crippen LogP contribution in [-0.4, -0.2) is 47.4 Å². The number of hydrogen-bond donors (Lipinski definition) is 2. The van der Waals surface area contributed by atoms with Gasteiger partial charge in [-0.1, -0.05) is 18.2 Å². The zero-order chi connectivity index (χ0) is 26.1. The Balaban J connectivity index is 1.58. The maximum atomic E-state index is 13.5. The van der Waals surface area contributed by atoms with Crippen molar-refractivity contribution in [2.24, 2.45) is 0 Å². The van der Waals surface area contributed by atoms with E-state index < -0.39 is 23.5 Å². The largest absolute Gasteiger partial charge is 0.507 e. The van der Waals surface area contributed by atoms with Crippen LogP contribution in [0, 0.1) is 5.82 Å². The number of rotatable bonds is 7. The summed E-state index contributed by atoms with van der Waals surface area (Å²) in [6.07, 6.45) is 2.32. The van der Waals surface area contributed by atoms with Gasteiger partial charge in [0, 0.05) is 34.8 Å². The van der Waals surface area contributed by atoms with Crippen molar-refractivity contribution in [3.63, 3.8) is 0 Å². The molecule has 0 aliphatic carbocycles. The smallest absolute Gasteiger partial charge is 0.295 e. The van der Waals surface area contributed by atoms with Crippen molar-refractivity contribution in [2.45, 2.75) is 12.5 Å². The van der Waals surface area contributed by atoms with Gasteiger partial charge in [-0.15, -0.1) is 0 Å². The van der Waals surface area contributed by atoms with E-state index in [1.807, 2.05) is 24.4 Å². The van der Waals surface area contributed by atoms with E-state index in [2.05, 4.69) is 4.98 Å². The number of amides is 1. The van der Waals surface area contributed by atoms with Crippen LogP contribution in [0.15, 0.2) is 78.5 Å². The lowest BCUT2D eigenvalue weighted by Gasteiger charge is -2.26. The quantitative estimate of drug-likeness (QED) is 0.212. The van der Waals surface area contributed by atoms with Crippen LogP contribution in [0.3, 0.4) is 0 Å². The number of aromatic nitrogens is 1. The van der Waals surface area contributed by atoms with Gasteiger partial charge in [0.1, 0.15) is 23.1 Å². The first kappa shape index (κ1) is 24.1. The van der Waals surface area contributed by atoms with Gasteiger partial charge in [-0.05, 0) is 60.5 Å². The van der Waals surface area contributed by atoms with Gasteiger partial charge in [0.25, 0.3) is 11.7 Å². The number of ether oxygens (including phenoxy) is 2. The van der Waals surface area contributed by atoms with E-state index in [1.165, 1.54) is 36.3 Å². The molecule has 1 aliphatic rings. The molecule has 0 saturated carbocycles. The molecule has 1 atom stereocenters. The van der Waals surface area contributed by atoms with Gasteiger partial charge >= 0.3 is 0 Å². The standard InChI is InChI=1S/C29H25FN2O5/c1-36-20-11-12-23-22(15-20)18(16-31-23)13-14-32-26(21-5-3-4-6-24(21)37-2)25(28(34)29(32)35)27(33)17-7-9-19(30)10-8-17/h3-12,15-16,26,31,33H,13-14H2,1-2H3/t26-/m1/s1. The van der Waals surface area contributed by atoms with Crippen molar-refractivity contribution in [3.8, 4) is 11.5 Å². The summed E-state index contributed by atoms with van der Waals surface area (Å²) in [6, 6.07) is 17.0. The Bertz CT molecular complexity index is 1520. The van der Waals surface area contributed by atoms with Crippen molar-refractivity contribution >= 4 is 28.4 Å². The Morgan fingerprint density at radius 3 is 2.51 bits per heavy atom. The van der Waals surface area contributed by atoms with Gasteiger partial charge in [-0.25, -0.2) is 4.39 Å². The van der Waals surface area contributed by atoms with E-state index in [9.17, 15) is 19.1 Å². The predicted molar refractivity (Wildman–Crippen MR) is 137 cm³/mol. The van der Waals surface area contributed by atoms with Crippen LogP contribution in [0.2, 0.25) is 0 Å². The van der Waals surface area contributed by atoms with E-state index in [4.69, 9.17) is 9.47 Å². The minimum atomic E-state index is -0.888. The number of likely N-dealkylation sites (tertiary alicyclic amines) is 1. The molecule has 0 unspecified atom stereocenters. The number of hydrogen-bond acceptors (Lipinski definition) is 5. The molecule has 5 rings (SSSR count). The minimum Gasteiger partial charge on any atom is -0.507 e. The summed E-state index contributed by atoms with van der Waals surface area (Å²) in [6.45, 7) is 0.206. The lowest BCUT2D eigenvalue weighted by molar-refractivity contribution is -0.139. The number of methoxy groups -OCH3 is 2. The number of aliphatic hydroxyl groups excluding tert-OH is 1. The molecule has 37 heavy (non-hydrogen) atoms. The first-order valence-corrected chi connectivity index (χ1v) is 11.7. The minimum absolute atomic E-state index is 0.0679. The fraction of sp³-hybridized carbons (Fsp3) is 0.172. The van der Waals surface area contributed by atoms with Crippen LogP contribution in [0.5, 0.6) is 11.5 Å². The monoisotopic (exact) mass is 500 g/mol. The molecule has 8 heteroatoms. The molecule has 2 heterocycles. The highest BCUT2D eigenvalue weighted by Gasteiger charge is 2.46. The second-order valence-corrected chi connectivity index (χ2v) is 8.72. The van der Waals surface area contributed by atoms with Crippen LogP contribution >= 0.6 is 0 Å². The average Bonchev–Trinajstić information content (AvgIpc) is 3.44. The summed E-state index contributed by atoms with van der Waals surface area (Å²) < 4.78 is 24.4. The van der Waals surface area contributed by atoms with Crippen molar-refractivity contribution < 1.29 is 28.6 Å². The number of ketones is 1. The fourth-order valence-corrected chi connectivity index (χ4v) is 4.82. The van der Waals surface area contributed by atoms with E-state index in [0.717, 1.165) is 16.5 Å². The molecule has 1 fully saturated rings. The summed E-state index contributed by atoms with van der Waals surface area (Å²) in [5.41, 5.74) is 2.61. The van der Waals surface area contributed by atoms with Gasteiger partial charge in [-0.2, -0.15) is 0 Å². The molecule has 0 radical (unpaired) electrons. The molecule has 7 nitrogen and oxygen atoms in total. The summed E-state index contributed by atoms with van der Waals surface area (Å²) >= 11 is 0. The Morgan fingerprint density at radius 2 is 1.78 bits per heavy atom. The lowest BCUT2D eigenvalue weighted by Crippen LogP contribution is -2.31. The zero-order valence-electron chi connectivity index (χ0n) is 20.3. The van der Waals surface area contributed by atoms with Gasteiger partial charge < -0.3 is 24.5 Å². The molecule has 1 aromatic heterocycles. The van der Waals surface area contributed by atoms with E-state index in [-0.39, 0.29) is 23.4 Å². The van der Waals surface area contributed by atoms with Gasteiger partial charge in [0.15, 0.2) is 0 Å². The number of Topliss-reactive ketones (excluding diaryl/α,β-unsaturated/α-hetero) is 1. The van der Waals surface area contributed by atoms with Crippen molar-refractivity contribution in [3.05, 3.63) is 101 Å². The van der Waals surface area contributed by atoms with Crippen LogP contribution in [0.4, 0.5) is 4.39 Å². The topological polar surface area (TPSA) is 91.9 Å². The Hall–Kier alpha value is -4.59. The molecule has 1 saturated heterocycles.